The van der Waals surface area contributed by atoms with Crippen molar-refractivity contribution in [1.82, 2.24) is 4.98 Å². The molecule has 0 unspecified atom stereocenters. The predicted octanol–water partition coefficient (Wildman–Crippen LogP) is 3.84. The van der Waals surface area contributed by atoms with Crippen molar-refractivity contribution in [3.63, 3.8) is 0 Å². The normalized spacial score (nSPS) is 10.5. The third kappa shape index (κ3) is 2.73. The van der Waals surface area contributed by atoms with Gasteiger partial charge in [0.05, 0.1) is 24.4 Å². The molecule has 0 atom stereocenters. The summed E-state index contributed by atoms with van der Waals surface area (Å²) in [5.74, 6) is 0.0284. The zero-order valence-corrected chi connectivity index (χ0v) is 12.9. The quantitative estimate of drug-likeness (QED) is 0.742. The number of aromatic nitrogens is 1. The summed E-state index contributed by atoms with van der Waals surface area (Å²) in [6.07, 6.45) is 0. The van der Waals surface area contributed by atoms with E-state index in [0.717, 1.165) is 21.0 Å². The van der Waals surface area contributed by atoms with Gasteiger partial charge in [-0.15, -0.1) is 0 Å². The molecule has 5 nitrogen and oxygen atoms in total. The highest BCUT2D eigenvalue weighted by molar-refractivity contribution is 7.22. The Bertz CT molecular complexity index is 815. The number of rotatable bonds is 4. The number of carbonyl (C=O) groups excluding carboxylic acids is 1. The molecule has 0 saturated carbocycles. The standard InChI is InChI=1S/C16H14N2O3S/c1-20-13-9-12-14(8-11(13)15(19)21-2)22-16(18-12)17-10-6-4-3-5-7-10/h3-9H,1-2H3,(H,17,18). The van der Waals surface area contributed by atoms with Crippen molar-refractivity contribution < 1.29 is 14.3 Å². The van der Waals surface area contributed by atoms with Gasteiger partial charge in [0.1, 0.15) is 11.3 Å². The van der Waals surface area contributed by atoms with E-state index in [-0.39, 0.29) is 0 Å². The monoisotopic (exact) mass is 314 g/mol. The Morgan fingerprint density at radius 2 is 1.95 bits per heavy atom. The number of hydrogen-bond donors (Lipinski definition) is 1. The Morgan fingerprint density at radius 1 is 1.18 bits per heavy atom. The van der Waals surface area contributed by atoms with E-state index >= 15 is 0 Å². The zero-order chi connectivity index (χ0) is 15.5. The molecule has 112 valence electrons. The van der Waals surface area contributed by atoms with Crippen LogP contribution < -0.4 is 10.1 Å². The summed E-state index contributed by atoms with van der Waals surface area (Å²) in [6, 6.07) is 13.3. The van der Waals surface area contributed by atoms with Gasteiger partial charge in [-0.1, -0.05) is 29.5 Å². The van der Waals surface area contributed by atoms with Crippen LogP contribution in [0, 0.1) is 0 Å². The Balaban J connectivity index is 2.00. The number of thiazole rings is 1. The van der Waals surface area contributed by atoms with Crippen LogP contribution in [0.4, 0.5) is 10.8 Å². The maximum atomic E-state index is 11.8. The van der Waals surface area contributed by atoms with Gasteiger partial charge < -0.3 is 14.8 Å². The molecule has 0 amide bonds. The molecule has 2 aromatic carbocycles. The van der Waals surface area contributed by atoms with Crippen molar-refractivity contribution in [2.24, 2.45) is 0 Å². The average Bonchev–Trinajstić information content (AvgIpc) is 2.94. The molecule has 3 aromatic rings. The van der Waals surface area contributed by atoms with Gasteiger partial charge in [0.15, 0.2) is 5.13 Å². The van der Waals surface area contributed by atoms with E-state index in [4.69, 9.17) is 9.47 Å². The largest absolute Gasteiger partial charge is 0.496 e. The van der Waals surface area contributed by atoms with Gasteiger partial charge in [-0.3, -0.25) is 0 Å². The number of benzene rings is 2. The summed E-state index contributed by atoms with van der Waals surface area (Å²) in [5.41, 5.74) is 2.13. The third-order valence-electron chi connectivity index (χ3n) is 3.14. The fraction of sp³-hybridized carbons (Fsp3) is 0.125. The van der Waals surface area contributed by atoms with E-state index < -0.39 is 5.97 Å². The van der Waals surface area contributed by atoms with Crippen molar-refractivity contribution in [2.45, 2.75) is 0 Å². The highest BCUT2D eigenvalue weighted by Crippen LogP contribution is 2.33. The molecule has 0 saturated heterocycles. The topological polar surface area (TPSA) is 60.5 Å². The van der Waals surface area contributed by atoms with E-state index in [1.54, 1.807) is 12.1 Å². The summed E-state index contributed by atoms with van der Waals surface area (Å²) in [6.45, 7) is 0. The smallest absolute Gasteiger partial charge is 0.341 e. The molecule has 1 N–H and O–H groups in total. The fourth-order valence-corrected chi connectivity index (χ4v) is 3.00. The molecule has 0 radical (unpaired) electrons. The lowest BCUT2D eigenvalue weighted by Gasteiger charge is -2.05. The van der Waals surface area contributed by atoms with Gasteiger partial charge >= 0.3 is 5.97 Å². The van der Waals surface area contributed by atoms with Gasteiger partial charge in [-0.2, -0.15) is 0 Å². The van der Waals surface area contributed by atoms with Gasteiger partial charge in [-0.25, -0.2) is 9.78 Å². The highest BCUT2D eigenvalue weighted by Gasteiger charge is 2.16. The molecule has 1 heterocycles. The Hall–Kier alpha value is -2.60. The van der Waals surface area contributed by atoms with Crippen LogP contribution in [0.5, 0.6) is 5.75 Å². The van der Waals surface area contributed by atoms with E-state index in [9.17, 15) is 4.79 Å². The molecular weight excluding hydrogens is 300 g/mol. The number of esters is 1. The first-order chi connectivity index (χ1) is 10.7. The molecule has 0 spiro atoms. The summed E-state index contributed by atoms with van der Waals surface area (Å²) >= 11 is 1.47. The van der Waals surface area contributed by atoms with Crippen molar-refractivity contribution in [1.29, 1.82) is 0 Å². The number of methoxy groups -OCH3 is 2. The molecule has 6 heteroatoms. The molecule has 1 aromatic heterocycles. The van der Waals surface area contributed by atoms with Gasteiger partial charge in [0.25, 0.3) is 0 Å². The minimum atomic E-state index is -0.426. The first-order valence-corrected chi connectivity index (χ1v) is 7.42. The summed E-state index contributed by atoms with van der Waals surface area (Å²) in [7, 11) is 2.87. The number of nitrogens with zero attached hydrogens (tertiary/aromatic N) is 1. The molecule has 0 aliphatic heterocycles. The average molecular weight is 314 g/mol. The van der Waals surface area contributed by atoms with Crippen molar-refractivity contribution in [3.05, 3.63) is 48.0 Å². The minimum Gasteiger partial charge on any atom is -0.496 e. The first-order valence-electron chi connectivity index (χ1n) is 6.60. The second kappa shape index (κ2) is 6.03. The maximum absolute atomic E-state index is 11.8. The number of hydrogen-bond acceptors (Lipinski definition) is 6. The molecule has 0 bridgehead atoms. The molecule has 0 aliphatic carbocycles. The zero-order valence-electron chi connectivity index (χ0n) is 12.1. The van der Waals surface area contributed by atoms with Crippen LogP contribution in [0.15, 0.2) is 42.5 Å². The lowest BCUT2D eigenvalue weighted by atomic mass is 10.2. The van der Waals surface area contributed by atoms with Crippen LogP contribution in [-0.4, -0.2) is 25.2 Å². The van der Waals surface area contributed by atoms with Gasteiger partial charge in [-0.05, 0) is 18.2 Å². The van der Waals surface area contributed by atoms with E-state index in [1.165, 1.54) is 25.6 Å². The van der Waals surface area contributed by atoms with Crippen molar-refractivity contribution >= 4 is 38.3 Å². The first kappa shape index (κ1) is 14.3. The lowest BCUT2D eigenvalue weighted by Crippen LogP contribution is -2.03. The third-order valence-corrected chi connectivity index (χ3v) is 4.07. The number of carbonyl (C=O) groups is 1. The number of ether oxygens (including phenoxy) is 2. The van der Waals surface area contributed by atoms with Crippen molar-refractivity contribution in [2.75, 3.05) is 19.5 Å². The Kier molecular flexibility index (Phi) is 3.93. The van der Waals surface area contributed by atoms with E-state index in [2.05, 4.69) is 10.3 Å². The Morgan fingerprint density at radius 3 is 2.64 bits per heavy atom. The molecule has 0 fully saturated rings. The lowest BCUT2D eigenvalue weighted by molar-refractivity contribution is 0.0597. The van der Waals surface area contributed by atoms with Gasteiger partial charge in [0.2, 0.25) is 0 Å². The number of anilines is 2. The second-order valence-corrected chi connectivity index (χ2v) is 5.55. The Labute approximate surface area is 131 Å². The summed E-state index contributed by atoms with van der Waals surface area (Å²) in [5, 5.41) is 4.00. The predicted molar refractivity (Wildman–Crippen MR) is 87.2 cm³/mol. The molecule has 3 rings (SSSR count). The maximum Gasteiger partial charge on any atom is 0.341 e. The van der Waals surface area contributed by atoms with E-state index in [1.807, 2.05) is 30.3 Å². The van der Waals surface area contributed by atoms with E-state index in [0.29, 0.717) is 11.3 Å². The van der Waals surface area contributed by atoms with Crippen LogP contribution in [0.3, 0.4) is 0 Å². The van der Waals surface area contributed by atoms with Crippen LogP contribution >= 0.6 is 11.3 Å². The summed E-state index contributed by atoms with van der Waals surface area (Å²) < 4.78 is 10.9. The van der Waals surface area contributed by atoms with Crippen LogP contribution in [0.25, 0.3) is 10.2 Å². The summed E-state index contributed by atoms with van der Waals surface area (Å²) in [4.78, 5) is 16.3. The number of para-hydroxylation sites is 1. The molecule has 0 aliphatic rings. The second-order valence-electron chi connectivity index (χ2n) is 4.52. The van der Waals surface area contributed by atoms with Crippen LogP contribution in [-0.2, 0) is 4.74 Å². The number of fused-ring (bicyclic) bond motifs is 1. The van der Waals surface area contributed by atoms with Crippen molar-refractivity contribution in [3.8, 4) is 5.75 Å². The molecule has 22 heavy (non-hydrogen) atoms. The minimum absolute atomic E-state index is 0.396. The SMILES string of the molecule is COC(=O)c1cc2sc(Nc3ccccc3)nc2cc1OC. The number of nitrogens with one attached hydrogen (secondary N) is 1. The van der Waals surface area contributed by atoms with Gasteiger partial charge in [0, 0.05) is 11.8 Å². The van der Waals surface area contributed by atoms with Crippen LogP contribution in [0.1, 0.15) is 10.4 Å². The highest BCUT2D eigenvalue weighted by atomic mass is 32.1. The van der Waals surface area contributed by atoms with Crippen LogP contribution in [0.2, 0.25) is 0 Å². The molecular formula is C16H14N2O3S. The fourth-order valence-electron chi connectivity index (χ4n) is 2.09.